The monoisotopic (exact) mass is 313 g/mol. The summed E-state index contributed by atoms with van der Waals surface area (Å²) in [6, 6.07) is -3.00. The molecule has 0 saturated carbocycles. The molecule has 0 aliphatic rings. The fraction of sp³-hybridized carbons (Fsp3) is 0.929. The maximum atomic E-state index is 13.3. The van der Waals surface area contributed by atoms with Gasteiger partial charge >= 0.3 is 12.1 Å². The van der Waals surface area contributed by atoms with Crippen LogP contribution in [0.3, 0.4) is 0 Å². The molecule has 0 aromatic heterocycles. The second kappa shape index (κ2) is 8.58. The number of aliphatic hydroxyl groups excluding tert-OH is 1. The Morgan fingerprint density at radius 3 is 2.05 bits per heavy atom. The van der Waals surface area contributed by atoms with E-state index in [0.29, 0.717) is 0 Å². The molecule has 126 valence electrons. The van der Waals surface area contributed by atoms with Gasteiger partial charge in [0.1, 0.15) is 12.1 Å². The molecule has 21 heavy (non-hydrogen) atoms. The minimum atomic E-state index is -4.55. The molecular formula is C14H26F3NO3. The van der Waals surface area contributed by atoms with E-state index in [1.54, 1.807) is 13.8 Å². The van der Waals surface area contributed by atoms with Gasteiger partial charge in [-0.2, -0.15) is 13.2 Å². The van der Waals surface area contributed by atoms with E-state index in [9.17, 15) is 23.1 Å². The van der Waals surface area contributed by atoms with E-state index in [0.717, 1.165) is 7.11 Å². The Labute approximate surface area is 124 Å². The molecule has 0 amide bonds. The predicted molar refractivity (Wildman–Crippen MR) is 73.7 cm³/mol. The number of alkyl halides is 3. The second-order valence-electron chi connectivity index (χ2n) is 5.98. The van der Waals surface area contributed by atoms with Crippen molar-refractivity contribution in [2.75, 3.05) is 13.7 Å². The van der Waals surface area contributed by atoms with Gasteiger partial charge in [-0.05, 0) is 18.3 Å². The molecule has 0 aliphatic heterocycles. The van der Waals surface area contributed by atoms with Crippen LogP contribution in [0.1, 0.15) is 34.1 Å². The van der Waals surface area contributed by atoms with Gasteiger partial charge in [0.15, 0.2) is 0 Å². The molecule has 7 heteroatoms. The molecule has 0 unspecified atom stereocenters. The summed E-state index contributed by atoms with van der Waals surface area (Å²) < 4.78 is 44.3. The van der Waals surface area contributed by atoms with Crippen molar-refractivity contribution in [3.63, 3.8) is 0 Å². The summed E-state index contributed by atoms with van der Waals surface area (Å²) in [5.41, 5.74) is 0. The Hall–Kier alpha value is -0.820. The van der Waals surface area contributed by atoms with Gasteiger partial charge in [0, 0.05) is 12.5 Å². The quantitative estimate of drug-likeness (QED) is 0.676. The molecule has 0 saturated heterocycles. The SMILES string of the molecule is COC(=O)[C@H](CC(C)C)N[C@H]([C@H](CO)C(C)C)C(F)(F)F. The smallest absolute Gasteiger partial charge is 0.404 e. The Bertz CT molecular complexity index is 319. The van der Waals surface area contributed by atoms with Crippen molar-refractivity contribution in [1.29, 1.82) is 0 Å². The number of carbonyl (C=O) groups is 1. The first-order valence-corrected chi connectivity index (χ1v) is 7.06. The first-order chi connectivity index (χ1) is 9.54. The zero-order chi connectivity index (χ0) is 16.8. The Balaban J connectivity index is 5.28. The van der Waals surface area contributed by atoms with Crippen LogP contribution in [0.2, 0.25) is 0 Å². The van der Waals surface area contributed by atoms with Gasteiger partial charge in [0.2, 0.25) is 0 Å². The highest BCUT2D eigenvalue weighted by atomic mass is 19.4. The van der Waals surface area contributed by atoms with Crippen LogP contribution in [0, 0.1) is 17.8 Å². The van der Waals surface area contributed by atoms with E-state index in [4.69, 9.17) is 0 Å². The minimum absolute atomic E-state index is 0.0297. The van der Waals surface area contributed by atoms with E-state index in [1.165, 1.54) is 0 Å². The number of ether oxygens (including phenoxy) is 1. The summed E-state index contributed by atoms with van der Waals surface area (Å²) in [5, 5.41) is 11.6. The van der Waals surface area contributed by atoms with Crippen molar-refractivity contribution < 1.29 is 27.8 Å². The van der Waals surface area contributed by atoms with Crippen LogP contribution in [-0.4, -0.2) is 43.1 Å². The summed E-state index contributed by atoms with van der Waals surface area (Å²) in [7, 11) is 1.14. The lowest BCUT2D eigenvalue weighted by atomic mass is 9.87. The molecule has 0 aliphatic carbocycles. The largest absolute Gasteiger partial charge is 0.468 e. The van der Waals surface area contributed by atoms with Crippen molar-refractivity contribution >= 4 is 5.97 Å². The number of halogens is 3. The van der Waals surface area contributed by atoms with Gasteiger partial charge in [-0.15, -0.1) is 0 Å². The third kappa shape index (κ3) is 6.65. The highest BCUT2D eigenvalue weighted by Gasteiger charge is 2.47. The zero-order valence-corrected chi connectivity index (χ0v) is 13.2. The number of methoxy groups -OCH3 is 1. The Kier molecular flexibility index (Phi) is 8.25. The van der Waals surface area contributed by atoms with Crippen LogP contribution in [0.4, 0.5) is 13.2 Å². The molecule has 4 nitrogen and oxygen atoms in total. The molecule has 0 aromatic carbocycles. The maximum absolute atomic E-state index is 13.3. The summed E-state index contributed by atoms with van der Waals surface area (Å²) in [6.07, 6.45) is -4.32. The molecule has 0 rings (SSSR count). The van der Waals surface area contributed by atoms with Gasteiger partial charge in [-0.1, -0.05) is 27.7 Å². The molecule has 3 atom stereocenters. The van der Waals surface area contributed by atoms with E-state index >= 15 is 0 Å². The van der Waals surface area contributed by atoms with Crippen LogP contribution < -0.4 is 5.32 Å². The number of aliphatic hydroxyl groups is 1. The van der Waals surface area contributed by atoms with Gasteiger partial charge in [0.05, 0.1) is 7.11 Å². The third-order valence-electron chi connectivity index (χ3n) is 3.42. The minimum Gasteiger partial charge on any atom is -0.468 e. The van der Waals surface area contributed by atoms with E-state index in [1.807, 2.05) is 13.8 Å². The molecule has 0 fully saturated rings. The highest BCUT2D eigenvalue weighted by Crippen LogP contribution is 2.30. The average molecular weight is 313 g/mol. The number of esters is 1. The lowest BCUT2D eigenvalue weighted by Crippen LogP contribution is -2.56. The zero-order valence-electron chi connectivity index (χ0n) is 13.2. The van der Waals surface area contributed by atoms with Crippen molar-refractivity contribution in [2.24, 2.45) is 17.8 Å². The Morgan fingerprint density at radius 2 is 1.76 bits per heavy atom. The summed E-state index contributed by atoms with van der Waals surface area (Å²) in [4.78, 5) is 11.7. The van der Waals surface area contributed by atoms with Crippen molar-refractivity contribution in [3.8, 4) is 0 Å². The lowest BCUT2D eigenvalue weighted by Gasteiger charge is -2.34. The fourth-order valence-electron chi connectivity index (χ4n) is 2.22. The van der Waals surface area contributed by atoms with Gasteiger partial charge in [-0.3, -0.25) is 10.1 Å². The standard InChI is InChI=1S/C14H26F3NO3/c1-8(2)6-11(13(20)21-5)18-12(14(15,16)17)10(7-19)9(3)4/h8-12,18-19H,6-7H2,1-5H3/t10-,11+,12-/m1/s1. The molecule has 2 N–H and O–H groups in total. The summed E-state index contributed by atoms with van der Waals surface area (Å²) in [5.74, 6) is -2.10. The average Bonchev–Trinajstić information content (AvgIpc) is 2.34. The predicted octanol–water partition coefficient (Wildman–Crippen LogP) is 2.36. The number of hydrogen-bond acceptors (Lipinski definition) is 4. The van der Waals surface area contributed by atoms with Crippen LogP contribution in [0.15, 0.2) is 0 Å². The molecule has 0 heterocycles. The number of nitrogens with one attached hydrogen (secondary N) is 1. The van der Waals surface area contributed by atoms with Crippen molar-refractivity contribution in [1.82, 2.24) is 5.32 Å². The molecule has 0 aromatic rings. The highest BCUT2D eigenvalue weighted by molar-refractivity contribution is 5.75. The van der Waals surface area contributed by atoms with Crippen LogP contribution in [0.25, 0.3) is 0 Å². The van der Waals surface area contributed by atoms with Gasteiger partial charge in [0.25, 0.3) is 0 Å². The van der Waals surface area contributed by atoms with Crippen molar-refractivity contribution in [2.45, 2.75) is 52.4 Å². The van der Waals surface area contributed by atoms with Gasteiger partial charge in [-0.25, -0.2) is 0 Å². The Morgan fingerprint density at radius 1 is 1.24 bits per heavy atom. The van der Waals surface area contributed by atoms with Gasteiger partial charge < -0.3 is 9.84 Å². The maximum Gasteiger partial charge on any atom is 0.404 e. The second-order valence-corrected chi connectivity index (χ2v) is 5.98. The normalized spacial score (nSPS) is 16.9. The van der Waals surface area contributed by atoms with Crippen molar-refractivity contribution in [3.05, 3.63) is 0 Å². The van der Waals surface area contributed by atoms with E-state index in [-0.39, 0.29) is 18.3 Å². The summed E-state index contributed by atoms with van der Waals surface area (Å²) >= 11 is 0. The van der Waals surface area contributed by atoms with Crippen LogP contribution in [-0.2, 0) is 9.53 Å². The number of rotatable bonds is 8. The molecule has 0 radical (unpaired) electrons. The van der Waals surface area contributed by atoms with Crippen LogP contribution >= 0.6 is 0 Å². The molecule has 0 spiro atoms. The first-order valence-electron chi connectivity index (χ1n) is 7.06. The lowest BCUT2D eigenvalue weighted by molar-refractivity contribution is -0.180. The number of hydrogen-bond donors (Lipinski definition) is 2. The molecular weight excluding hydrogens is 287 g/mol. The van der Waals surface area contributed by atoms with Crippen LogP contribution in [0.5, 0.6) is 0 Å². The van der Waals surface area contributed by atoms with E-state index in [2.05, 4.69) is 10.1 Å². The molecule has 0 bridgehead atoms. The number of carbonyl (C=O) groups excluding carboxylic acids is 1. The van der Waals surface area contributed by atoms with E-state index < -0.39 is 36.8 Å². The summed E-state index contributed by atoms with van der Waals surface area (Å²) in [6.45, 7) is 6.23. The topological polar surface area (TPSA) is 58.6 Å². The fourth-order valence-corrected chi connectivity index (χ4v) is 2.22. The first kappa shape index (κ1) is 20.2. The third-order valence-corrected chi connectivity index (χ3v) is 3.42.